The minimum atomic E-state index is -0.901. The molecule has 1 amide bonds. The number of nitrogens with zero attached hydrogens (tertiary/aromatic N) is 1. The van der Waals surface area contributed by atoms with Crippen LogP contribution in [0.1, 0.15) is 92.6 Å². The third-order valence-electron chi connectivity index (χ3n) is 10.1. The van der Waals surface area contributed by atoms with Crippen molar-refractivity contribution in [2.75, 3.05) is 47.1 Å². The molecule has 0 saturated carbocycles. The molecule has 3 aliphatic rings. The standard InChI is InChI=1S/C38H64N2O7/c1-25(2)29(19-27-11-12-35(45-9)36(20-27)46-18-10-17-44-8)21-32(39-37(43)47-38(5,6)7)34(42)23-31(26(3)4)33(41)22-30-24-40-15-13-28(30)14-16-40/h11-12,20,25-26,28-32,34,42H,10,13-19,21-24H2,1-9H3,(H,39,43)/t29-,30?,31-,32-,34-/m0/s1. The van der Waals surface area contributed by atoms with Gasteiger partial charge in [-0.15, -0.1) is 0 Å². The summed E-state index contributed by atoms with van der Waals surface area (Å²) in [6, 6.07) is 5.42. The zero-order valence-corrected chi connectivity index (χ0v) is 30.7. The SMILES string of the molecule is COCCCOc1cc(C[C@@H](C[C@H](NC(=O)OC(C)(C)C)[C@@H](O)C[C@H](C(=O)CC2CN3CCC2CC3)C(C)C)C(C)C)ccc1OC. The predicted molar refractivity (Wildman–Crippen MR) is 186 cm³/mol. The fourth-order valence-electron chi connectivity index (χ4n) is 7.27. The fraction of sp³-hybridized carbons (Fsp3) is 0.789. The second-order valence-corrected chi connectivity index (χ2v) is 15.6. The van der Waals surface area contributed by atoms with Gasteiger partial charge < -0.3 is 34.3 Å². The van der Waals surface area contributed by atoms with Crippen molar-refractivity contribution in [2.45, 2.75) is 111 Å². The molecule has 1 aromatic rings. The first kappa shape index (κ1) is 39.1. The summed E-state index contributed by atoms with van der Waals surface area (Å²) in [6.07, 6.45) is 3.82. The van der Waals surface area contributed by atoms with E-state index in [4.69, 9.17) is 18.9 Å². The molecule has 268 valence electrons. The molecule has 3 saturated heterocycles. The summed E-state index contributed by atoms with van der Waals surface area (Å²) in [5.41, 5.74) is 0.413. The average Bonchev–Trinajstić information content (AvgIpc) is 3.00. The van der Waals surface area contributed by atoms with Crippen LogP contribution in [0.15, 0.2) is 18.2 Å². The number of hydrogen-bond acceptors (Lipinski definition) is 8. The lowest BCUT2D eigenvalue weighted by molar-refractivity contribution is -0.128. The zero-order chi connectivity index (χ0) is 34.7. The molecule has 9 heteroatoms. The van der Waals surface area contributed by atoms with Crippen molar-refractivity contribution in [3.63, 3.8) is 0 Å². The lowest BCUT2D eigenvalue weighted by Gasteiger charge is -2.45. The van der Waals surface area contributed by atoms with Crippen LogP contribution in [0.3, 0.4) is 0 Å². The number of alkyl carbamates (subject to hydrolysis) is 1. The van der Waals surface area contributed by atoms with Gasteiger partial charge in [0.25, 0.3) is 0 Å². The van der Waals surface area contributed by atoms with Crippen molar-refractivity contribution in [3.8, 4) is 11.5 Å². The number of fused-ring (bicyclic) bond motifs is 3. The van der Waals surface area contributed by atoms with E-state index in [0.29, 0.717) is 55.8 Å². The van der Waals surface area contributed by atoms with E-state index in [1.807, 2.05) is 39.0 Å². The average molecular weight is 661 g/mol. The van der Waals surface area contributed by atoms with E-state index in [9.17, 15) is 14.7 Å². The second-order valence-electron chi connectivity index (χ2n) is 15.6. The number of aliphatic hydroxyl groups excluding tert-OH is 1. The number of methoxy groups -OCH3 is 2. The summed E-state index contributed by atoms with van der Waals surface area (Å²) in [7, 11) is 3.31. The molecule has 9 nitrogen and oxygen atoms in total. The minimum absolute atomic E-state index is 0.0860. The fourth-order valence-corrected chi connectivity index (χ4v) is 7.27. The summed E-state index contributed by atoms with van der Waals surface area (Å²) in [5, 5.41) is 14.8. The van der Waals surface area contributed by atoms with E-state index in [2.05, 4.69) is 37.9 Å². The molecule has 4 rings (SSSR count). The quantitative estimate of drug-likeness (QED) is 0.161. The smallest absolute Gasteiger partial charge is 0.407 e. The van der Waals surface area contributed by atoms with Crippen LogP contribution < -0.4 is 14.8 Å². The Bertz CT molecular complexity index is 1110. The molecule has 3 fully saturated rings. The summed E-state index contributed by atoms with van der Waals surface area (Å²) < 4.78 is 22.4. The maximum absolute atomic E-state index is 13.8. The number of nitrogens with one attached hydrogen (secondary N) is 1. The molecule has 3 heterocycles. The lowest BCUT2D eigenvalue weighted by Crippen LogP contribution is -2.49. The summed E-state index contributed by atoms with van der Waals surface area (Å²) in [5.74, 6) is 2.83. The summed E-state index contributed by atoms with van der Waals surface area (Å²) in [4.78, 5) is 29.4. The number of rotatable bonds is 19. The Balaban J connectivity index is 1.77. The van der Waals surface area contributed by atoms with Crippen LogP contribution in [0, 0.1) is 35.5 Å². The number of ether oxygens (including phenoxy) is 4. The van der Waals surface area contributed by atoms with Gasteiger partial charge in [-0.3, -0.25) is 4.79 Å². The molecule has 2 bridgehead atoms. The third kappa shape index (κ3) is 12.6. The maximum Gasteiger partial charge on any atom is 0.407 e. The minimum Gasteiger partial charge on any atom is -0.493 e. The van der Waals surface area contributed by atoms with E-state index in [1.165, 1.54) is 12.8 Å². The van der Waals surface area contributed by atoms with Crippen LogP contribution in [0.4, 0.5) is 4.79 Å². The number of ketones is 1. The Morgan fingerprint density at radius 3 is 2.26 bits per heavy atom. The van der Waals surface area contributed by atoms with Gasteiger partial charge in [0, 0.05) is 39.0 Å². The lowest BCUT2D eigenvalue weighted by atomic mass is 9.73. The Morgan fingerprint density at radius 1 is 1.00 bits per heavy atom. The van der Waals surface area contributed by atoms with Gasteiger partial charge >= 0.3 is 6.09 Å². The van der Waals surface area contributed by atoms with Gasteiger partial charge in [-0.1, -0.05) is 33.8 Å². The summed E-state index contributed by atoms with van der Waals surface area (Å²) >= 11 is 0. The molecule has 3 aliphatic heterocycles. The number of Topliss-reactive ketones (excluding diaryl/α,β-unsaturated/α-hetero) is 1. The number of piperidine rings is 3. The normalized spacial score (nSPS) is 22.1. The molecule has 1 unspecified atom stereocenters. The molecule has 5 atom stereocenters. The van der Waals surface area contributed by atoms with Crippen LogP contribution in [0.25, 0.3) is 0 Å². The molecule has 0 aliphatic carbocycles. The highest BCUT2D eigenvalue weighted by Crippen LogP contribution is 2.37. The number of carbonyl (C=O) groups is 2. The zero-order valence-electron chi connectivity index (χ0n) is 30.7. The second kappa shape index (κ2) is 18.4. The Labute approximate surface area is 284 Å². The number of amides is 1. The van der Waals surface area contributed by atoms with Crippen LogP contribution in [0.5, 0.6) is 11.5 Å². The van der Waals surface area contributed by atoms with E-state index in [1.54, 1.807) is 14.2 Å². The summed E-state index contributed by atoms with van der Waals surface area (Å²) in [6.45, 7) is 18.4. The number of hydrogen-bond donors (Lipinski definition) is 2. The number of aliphatic hydroxyl groups is 1. The monoisotopic (exact) mass is 660 g/mol. The molecule has 1 aromatic carbocycles. The van der Waals surface area contributed by atoms with Crippen molar-refractivity contribution in [1.82, 2.24) is 10.2 Å². The van der Waals surface area contributed by atoms with Crippen LogP contribution in [0.2, 0.25) is 0 Å². The van der Waals surface area contributed by atoms with Gasteiger partial charge in [0.05, 0.1) is 25.9 Å². The Morgan fingerprint density at radius 2 is 1.70 bits per heavy atom. The van der Waals surface area contributed by atoms with Gasteiger partial charge in [-0.25, -0.2) is 4.79 Å². The highest BCUT2D eigenvalue weighted by atomic mass is 16.6. The van der Waals surface area contributed by atoms with Gasteiger partial charge in [-0.05, 0) is 113 Å². The van der Waals surface area contributed by atoms with Crippen molar-refractivity contribution < 1.29 is 33.6 Å². The van der Waals surface area contributed by atoms with Crippen molar-refractivity contribution in [3.05, 3.63) is 23.8 Å². The van der Waals surface area contributed by atoms with Gasteiger partial charge in [0.15, 0.2) is 11.5 Å². The highest BCUT2D eigenvalue weighted by molar-refractivity contribution is 5.81. The predicted octanol–water partition coefficient (Wildman–Crippen LogP) is 6.53. The first-order chi connectivity index (χ1) is 22.2. The number of benzene rings is 1. The molecule has 47 heavy (non-hydrogen) atoms. The van der Waals surface area contributed by atoms with Crippen LogP contribution in [-0.4, -0.2) is 86.7 Å². The Kier molecular flexibility index (Phi) is 15.3. The molecule has 0 spiro atoms. The third-order valence-corrected chi connectivity index (χ3v) is 10.1. The highest BCUT2D eigenvalue weighted by Gasteiger charge is 2.38. The largest absolute Gasteiger partial charge is 0.493 e. The van der Waals surface area contributed by atoms with Gasteiger partial charge in [0.2, 0.25) is 0 Å². The van der Waals surface area contributed by atoms with Crippen molar-refractivity contribution in [2.24, 2.45) is 35.5 Å². The first-order valence-electron chi connectivity index (χ1n) is 17.9. The van der Waals surface area contributed by atoms with Crippen molar-refractivity contribution >= 4 is 11.9 Å². The van der Waals surface area contributed by atoms with E-state index >= 15 is 0 Å². The molecule has 0 radical (unpaired) electrons. The number of carbonyl (C=O) groups excluding carboxylic acids is 2. The molecule has 0 aromatic heterocycles. The van der Waals surface area contributed by atoms with Crippen LogP contribution >= 0.6 is 0 Å². The molecular formula is C38H64N2O7. The topological polar surface area (TPSA) is 107 Å². The Hall–Kier alpha value is -2.36. The van der Waals surface area contributed by atoms with E-state index in [-0.39, 0.29) is 29.5 Å². The maximum atomic E-state index is 13.8. The van der Waals surface area contributed by atoms with Crippen LogP contribution in [-0.2, 0) is 20.7 Å². The molecule has 2 N–H and O–H groups in total. The van der Waals surface area contributed by atoms with Gasteiger partial charge in [0.1, 0.15) is 11.4 Å². The molecular weight excluding hydrogens is 596 g/mol. The van der Waals surface area contributed by atoms with E-state index < -0.39 is 23.8 Å². The first-order valence-corrected chi connectivity index (χ1v) is 17.9. The van der Waals surface area contributed by atoms with E-state index in [0.717, 1.165) is 38.0 Å². The van der Waals surface area contributed by atoms with Gasteiger partial charge in [-0.2, -0.15) is 0 Å². The van der Waals surface area contributed by atoms with Crippen molar-refractivity contribution in [1.29, 1.82) is 0 Å².